The molecular weight excluding hydrogens is 266 g/mol. The monoisotopic (exact) mass is 290 g/mol. The van der Waals surface area contributed by atoms with E-state index in [1.165, 1.54) is 0 Å². The van der Waals surface area contributed by atoms with Gasteiger partial charge in [0, 0.05) is 27.4 Å². The maximum absolute atomic E-state index is 5.31. The molecule has 8 heteroatoms. The number of hydrogen-bond acceptors (Lipinski definition) is 6. The van der Waals surface area contributed by atoms with Crippen LogP contribution in [0.25, 0.3) is 0 Å². The Balaban J connectivity index is -0.00000128. The van der Waals surface area contributed by atoms with Crippen LogP contribution in [0.1, 0.15) is 1.43 Å². The van der Waals surface area contributed by atoms with Crippen LogP contribution in [0.5, 0.6) is 0 Å². The van der Waals surface area contributed by atoms with Gasteiger partial charge >= 0.3 is 45.4 Å². The van der Waals surface area contributed by atoms with E-state index in [4.69, 9.17) is 26.5 Å². The molecule has 0 aromatic carbocycles. The van der Waals surface area contributed by atoms with E-state index in [2.05, 4.69) is 0 Å². The fourth-order valence-corrected chi connectivity index (χ4v) is 1.49. The first-order chi connectivity index (χ1) is 8.41. The van der Waals surface area contributed by atoms with Crippen LogP contribution < -0.4 is 29.6 Å². The Morgan fingerprint density at radius 1 is 0.667 bits per heavy atom. The van der Waals surface area contributed by atoms with Crippen LogP contribution in [0.15, 0.2) is 0 Å². The standard InChI is InChI=1S/2C5H11O3.Al.Na.2H/c2*1-7-4-5-8-3-2-6;;;;/h2*2-5H2,1H3;;;;/q2*-1;+2;+1;;-1. The molecule has 0 aromatic rings. The minimum Gasteiger partial charge on any atom is -1.00 e. The minimum absolute atomic E-state index is 0. The molecule has 0 saturated heterocycles. The van der Waals surface area contributed by atoms with Crippen molar-refractivity contribution in [1.82, 2.24) is 0 Å². The predicted octanol–water partition coefficient (Wildman–Crippen LogP) is -3.27. The van der Waals surface area contributed by atoms with E-state index >= 15 is 0 Å². The minimum atomic E-state index is -0.890. The molecule has 0 heterocycles. The summed E-state index contributed by atoms with van der Waals surface area (Å²) in [4.78, 5) is 0. The van der Waals surface area contributed by atoms with Crippen molar-refractivity contribution >= 4 is 15.9 Å². The molecule has 0 aromatic heterocycles. The number of methoxy groups -OCH3 is 2. The molecule has 0 amide bonds. The van der Waals surface area contributed by atoms with Gasteiger partial charge in [0.05, 0.1) is 39.6 Å². The van der Waals surface area contributed by atoms with Crippen molar-refractivity contribution in [2.75, 3.05) is 67.1 Å². The van der Waals surface area contributed by atoms with Crippen LogP contribution >= 0.6 is 0 Å². The van der Waals surface area contributed by atoms with E-state index in [9.17, 15) is 0 Å². The van der Waals surface area contributed by atoms with Crippen molar-refractivity contribution in [2.24, 2.45) is 0 Å². The summed E-state index contributed by atoms with van der Waals surface area (Å²) in [6.07, 6.45) is 0. The average Bonchev–Trinajstić information content (AvgIpc) is 2.35. The van der Waals surface area contributed by atoms with E-state index in [1.54, 1.807) is 14.2 Å². The first kappa shape index (κ1) is 21.6. The van der Waals surface area contributed by atoms with Gasteiger partial charge in [0.1, 0.15) is 0 Å². The van der Waals surface area contributed by atoms with E-state index in [-0.39, 0.29) is 31.0 Å². The summed E-state index contributed by atoms with van der Waals surface area (Å²) in [6.45, 7) is 4.79. The van der Waals surface area contributed by atoms with Crippen molar-refractivity contribution < 1.29 is 57.5 Å². The third kappa shape index (κ3) is 19.6. The Morgan fingerprint density at radius 3 is 1.44 bits per heavy atom. The molecule has 0 saturated carbocycles. The first-order valence-corrected chi connectivity index (χ1v) is 6.86. The van der Waals surface area contributed by atoms with E-state index < -0.39 is 15.9 Å². The second-order valence-corrected chi connectivity index (χ2v) is 4.20. The molecule has 0 rings (SSSR count). The number of rotatable bonds is 14. The normalized spacial score (nSPS) is 10.1. The summed E-state index contributed by atoms with van der Waals surface area (Å²) in [7, 11) is 3.30. The maximum Gasteiger partial charge on any atom is 1.00 e. The average molecular weight is 290 g/mol. The molecule has 0 unspecified atom stereocenters. The van der Waals surface area contributed by atoms with Crippen LogP contribution in [-0.2, 0) is 26.5 Å². The zero-order valence-electron chi connectivity index (χ0n) is 12.8. The van der Waals surface area contributed by atoms with Crippen LogP contribution in [-0.4, -0.2) is 83.0 Å². The van der Waals surface area contributed by atoms with Crippen molar-refractivity contribution in [3.63, 3.8) is 0 Å². The summed E-state index contributed by atoms with van der Waals surface area (Å²) in [6, 6.07) is 0. The van der Waals surface area contributed by atoms with Crippen molar-refractivity contribution in [2.45, 2.75) is 0 Å². The second kappa shape index (κ2) is 20.6. The molecule has 0 aliphatic rings. The Morgan fingerprint density at radius 2 is 1.06 bits per heavy atom. The van der Waals surface area contributed by atoms with E-state index in [0.717, 1.165) is 0 Å². The maximum atomic E-state index is 5.31. The molecule has 0 bridgehead atoms. The van der Waals surface area contributed by atoms with Crippen molar-refractivity contribution in [3.05, 3.63) is 0 Å². The van der Waals surface area contributed by atoms with Crippen LogP contribution in [0, 0.1) is 0 Å². The topological polar surface area (TPSA) is 55.4 Å². The molecule has 0 N–H and O–H groups in total. The molecular formula is C10H24AlNaO6. The Labute approximate surface area is 140 Å². The molecule has 0 atom stereocenters. The van der Waals surface area contributed by atoms with Gasteiger partial charge in [-0.05, 0) is 0 Å². The molecule has 6 nitrogen and oxygen atoms in total. The fourth-order valence-electron chi connectivity index (χ4n) is 0.901. The van der Waals surface area contributed by atoms with Crippen molar-refractivity contribution in [1.29, 1.82) is 0 Å². The summed E-state index contributed by atoms with van der Waals surface area (Å²) in [5, 5.41) is 0. The van der Waals surface area contributed by atoms with Gasteiger partial charge in [-0.3, -0.25) is 0 Å². The van der Waals surface area contributed by atoms with E-state index in [1.807, 2.05) is 0 Å². The second-order valence-electron chi connectivity index (χ2n) is 3.14. The molecule has 0 aliphatic carbocycles. The molecule has 0 aliphatic heterocycles. The van der Waals surface area contributed by atoms with E-state index in [0.29, 0.717) is 52.9 Å². The van der Waals surface area contributed by atoms with Gasteiger partial charge < -0.3 is 28.0 Å². The van der Waals surface area contributed by atoms with Gasteiger partial charge in [-0.25, -0.2) is 0 Å². The van der Waals surface area contributed by atoms with Gasteiger partial charge in [-0.1, -0.05) is 0 Å². The fraction of sp³-hybridized carbons (Fsp3) is 1.00. The summed E-state index contributed by atoms with van der Waals surface area (Å²) in [5.74, 6) is 0. The SMILES string of the molecule is COCCOCC[O][AlH][O]CCOCCOC.[H-].[Na+]. The van der Waals surface area contributed by atoms with Gasteiger partial charge in [-0.2, -0.15) is 0 Å². The molecule has 0 spiro atoms. The third-order valence-corrected chi connectivity index (χ3v) is 2.68. The number of hydrogen-bond donors (Lipinski definition) is 0. The summed E-state index contributed by atoms with van der Waals surface area (Å²) >= 11 is -0.890. The van der Waals surface area contributed by atoms with Gasteiger partial charge in [-0.15, -0.1) is 0 Å². The van der Waals surface area contributed by atoms with Gasteiger partial charge in [0.25, 0.3) is 0 Å². The molecule has 18 heavy (non-hydrogen) atoms. The van der Waals surface area contributed by atoms with Crippen LogP contribution in [0.4, 0.5) is 0 Å². The molecule has 0 fully saturated rings. The Bertz CT molecular complexity index is 135. The zero-order valence-corrected chi connectivity index (χ0v) is 15.2. The largest absolute Gasteiger partial charge is 1.00 e. The summed E-state index contributed by atoms with van der Waals surface area (Å²) < 4.78 is 30.7. The quantitative estimate of drug-likeness (QED) is 0.247. The smallest absolute Gasteiger partial charge is 1.00 e. The third-order valence-electron chi connectivity index (χ3n) is 1.77. The van der Waals surface area contributed by atoms with Crippen LogP contribution in [0.3, 0.4) is 0 Å². The number of ether oxygens (including phenoxy) is 4. The predicted molar refractivity (Wildman–Crippen MR) is 65.6 cm³/mol. The van der Waals surface area contributed by atoms with Crippen LogP contribution in [0.2, 0.25) is 0 Å². The Hall–Kier alpha value is 1.29. The Kier molecular flexibility index (Phi) is 24.7. The molecule has 104 valence electrons. The van der Waals surface area contributed by atoms with Gasteiger partial charge in [0.15, 0.2) is 0 Å². The molecule has 0 radical (unpaired) electrons. The first-order valence-electron chi connectivity index (χ1n) is 5.70. The van der Waals surface area contributed by atoms with Gasteiger partial charge in [0.2, 0.25) is 0 Å². The van der Waals surface area contributed by atoms with Crippen molar-refractivity contribution in [3.8, 4) is 0 Å². The summed E-state index contributed by atoms with van der Waals surface area (Å²) in [5.41, 5.74) is 0. The zero-order chi connectivity index (χ0) is 12.6.